The molecule has 1 saturated heterocycles. The van der Waals surface area contributed by atoms with E-state index in [0.29, 0.717) is 32.6 Å². The van der Waals surface area contributed by atoms with Gasteiger partial charge in [0.1, 0.15) is 5.75 Å². The summed E-state index contributed by atoms with van der Waals surface area (Å²) < 4.78 is 5.94. The van der Waals surface area contributed by atoms with Gasteiger partial charge in [-0.05, 0) is 23.8 Å². The van der Waals surface area contributed by atoms with Crippen molar-refractivity contribution in [2.75, 3.05) is 38.2 Å². The molecule has 1 aromatic heterocycles. The predicted molar refractivity (Wildman–Crippen MR) is 112 cm³/mol. The molecule has 8 nitrogen and oxygen atoms in total. The maximum atomic E-state index is 12.6. The summed E-state index contributed by atoms with van der Waals surface area (Å²) in [5.41, 5.74) is 1.79. The lowest BCUT2D eigenvalue weighted by Gasteiger charge is -2.34. The molecule has 0 bridgehead atoms. The van der Waals surface area contributed by atoms with Gasteiger partial charge in [-0.2, -0.15) is 0 Å². The molecule has 1 fully saturated rings. The number of carbonyl (C=O) groups is 1. The van der Waals surface area contributed by atoms with Crippen molar-refractivity contribution < 1.29 is 14.5 Å². The molecule has 150 valence electrons. The fourth-order valence-electron chi connectivity index (χ4n) is 3.33. The van der Waals surface area contributed by atoms with Gasteiger partial charge in [-0.25, -0.2) is 4.98 Å². The second kappa shape index (κ2) is 8.04. The number of aromatic nitrogens is 1. The number of nitro benzene ring substituents is 1. The van der Waals surface area contributed by atoms with Crippen LogP contribution in [0.2, 0.25) is 0 Å². The van der Waals surface area contributed by atoms with Crippen LogP contribution in [0.15, 0.2) is 42.5 Å². The molecule has 2 heterocycles. The molecule has 0 aliphatic carbocycles. The van der Waals surface area contributed by atoms with Gasteiger partial charge in [0.25, 0.3) is 5.69 Å². The highest BCUT2D eigenvalue weighted by molar-refractivity contribution is 7.22. The Morgan fingerprint density at radius 2 is 1.90 bits per heavy atom. The topological polar surface area (TPSA) is 88.8 Å². The highest BCUT2D eigenvalue weighted by Crippen LogP contribution is 2.31. The van der Waals surface area contributed by atoms with Crippen molar-refractivity contribution in [3.8, 4) is 5.75 Å². The van der Waals surface area contributed by atoms with Gasteiger partial charge in [0.05, 0.1) is 28.7 Å². The number of hydrogen-bond acceptors (Lipinski definition) is 7. The second-order valence-corrected chi connectivity index (χ2v) is 7.81. The number of fused-ring (bicyclic) bond motifs is 1. The van der Waals surface area contributed by atoms with Crippen LogP contribution in [0.3, 0.4) is 0 Å². The molecule has 1 amide bonds. The van der Waals surface area contributed by atoms with Crippen molar-refractivity contribution in [3.63, 3.8) is 0 Å². The van der Waals surface area contributed by atoms with E-state index in [-0.39, 0.29) is 11.6 Å². The Bertz CT molecular complexity index is 1040. The van der Waals surface area contributed by atoms with E-state index in [9.17, 15) is 14.9 Å². The Hall–Kier alpha value is -3.20. The van der Waals surface area contributed by atoms with Gasteiger partial charge in [-0.3, -0.25) is 14.9 Å². The van der Waals surface area contributed by atoms with Crippen LogP contribution in [0.1, 0.15) is 5.56 Å². The minimum Gasteiger partial charge on any atom is -0.497 e. The Balaban J connectivity index is 1.37. The summed E-state index contributed by atoms with van der Waals surface area (Å²) in [6.45, 7) is 2.64. The molecule has 0 radical (unpaired) electrons. The van der Waals surface area contributed by atoms with Crippen molar-refractivity contribution in [1.29, 1.82) is 0 Å². The summed E-state index contributed by atoms with van der Waals surface area (Å²) in [6.07, 6.45) is 0.370. The van der Waals surface area contributed by atoms with Gasteiger partial charge >= 0.3 is 0 Å². The molecule has 0 saturated carbocycles. The summed E-state index contributed by atoms with van der Waals surface area (Å²) in [7, 11) is 1.62. The maximum absolute atomic E-state index is 12.6. The molecule has 0 unspecified atom stereocenters. The number of carbonyl (C=O) groups excluding carboxylic acids is 1. The molecule has 1 aliphatic heterocycles. The van der Waals surface area contributed by atoms with E-state index >= 15 is 0 Å². The molecule has 1 aliphatic rings. The van der Waals surface area contributed by atoms with Crippen LogP contribution >= 0.6 is 11.3 Å². The molecule has 4 rings (SSSR count). The van der Waals surface area contributed by atoms with Gasteiger partial charge in [-0.15, -0.1) is 0 Å². The summed E-state index contributed by atoms with van der Waals surface area (Å²) in [4.78, 5) is 31.8. The first-order valence-corrected chi connectivity index (χ1v) is 10.1. The number of rotatable bonds is 5. The normalized spacial score (nSPS) is 14.2. The highest BCUT2D eigenvalue weighted by Gasteiger charge is 2.23. The number of methoxy groups -OCH3 is 1. The smallest absolute Gasteiger partial charge is 0.270 e. The summed E-state index contributed by atoms with van der Waals surface area (Å²) in [5, 5.41) is 11.8. The van der Waals surface area contributed by atoms with Crippen LogP contribution in [-0.4, -0.2) is 54.0 Å². The van der Waals surface area contributed by atoms with Gasteiger partial charge in [0, 0.05) is 38.3 Å². The van der Waals surface area contributed by atoms with Crippen LogP contribution in [0.25, 0.3) is 10.2 Å². The van der Waals surface area contributed by atoms with Crippen molar-refractivity contribution in [2.45, 2.75) is 6.42 Å². The first-order valence-electron chi connectivity index (χ1n) is 9.24. The third-order valence-electron chi connectivity index (χ3n) is 4.99. The third-order valence-corrected chi connectivity index (χ3v) is 6.07. The van der Waals surface area contributed by atoms with E-state index < -0.39 is 4.92 Å². The quantitative estimate of drug-likeness (QED) is 0.473. The summed E-state index contributed by atoms with van der Waals surface area (Å²) in [5.74, 6) is 0.880. The minimum atomic E-state index is -0.397. The molecule has 9 heteroatoms. The Labute approximate surface area is 171 Å². The third kappa shape index (κ3) is 4.14. The standard InChI is InChI=1S/C20H20N4O4S/c1-28-16-5-2-14(3-6-16)12-19(25)22-8-10-23(11-9-22)20-21-17-7-4-15(24(26)27)13-18(17)29-20/h2-7,13H,8-12H2,1H3. The number of thiazole rings is 1. The lowest BCUT2D eigenvalue weighted by Crippen LogP contribution is -2.49. The van der Waals surface area contributed by atoms with Crippen LogP contribution in [0.4, 0.5) is 10.8 Å². The number of hydrogen-bond donors (Lipinski definition) is 0. The fraction of sp³-hybridized carbons (Fsp3) is 0.300. The van der Waals surface area contributed by atoms with Gasteiger partial charge in [-0.1, -0.05) is 23.5 Å². The van der Waals surface area contributed by atoms with E-state index in [0.717, 1.165) is 26.7 Å². The summed E-state index contributed by atoms with van der Waals surface area (Å²) >= 11 is 1.45. The van der Waals surface area contributed by atoms with Crippen molar-refractivity contribution in [1.82, 2.24) is 9.88 Å². The number of non-ortho nitro benzene ring substituents is 1. The van der Waals surface area contributed by atoms with Gasteiger partial charge in [0.15, 0.2) is 5.13 Å². The first-order chi connectivity index (χ1) is 14.0. The number of ether oxygens (including phenoxy) is 1. The number of nitrogens with zero attached hydrogens (tertiary/aromatic N) is 4. The van der Waals surface area contributed by atoms with Crippen LogP contribution in [0.5, 0.6) is 5.75 Å². The lowest BCUT2D eigenvalue weighted by atomic mass is 10.1. The number of amides is 1. The Morgan fingerprint density at radius 1 is 1.17 bits per heavy atom. The molecule has 2 aromatic carbocycles. The summed E-state index contributed by atoms with van der Waals surface area (Å²) in [6, 6.07) is 12.3. The fourth-order valence-corrected chi connectivity index (χ4v) is 4.38. The predicted octanol–water partition coefficient (Wildman–Crippen LogP) is 3.10. The molecule has 29 heavy (non-hydrogen) atoms. The van der Waals surface area contributed by atoms with E-state index in [4.69, 9.17) is 4.74 Å². The second-order valence-electron chi connectivity index (χ2n) is 6.80. The number of benzene rings is 2. The molecular formula is C20H20N4O4S. The van der Waals surface area contributed by atoms with E-state index in [1.54, 1.807) is 19.2 Å². The first kappa shape index (κ1) is 19.1. The number of anilines is 1. The number of piperazine rings is 1. The van der Waals surface area contributed by atoms with Crippen LogP contribution in [0, 0.1) is 10.1 Å². The monoisotopic (exact) mass is 412 g/mol. The molecule has 0 atom stereocenters. The SMILES string of the molecule is COc1ccc(CC(=O)N2CCN(c3nc4ccc([N+](=O)[O-])cc4s3)CC2)cc1. The van der Waals surface area contributed by atoms with Crippen molar-refractivity contribution >= 4 is 38.3 Å². The average Bonchev–Trinajstić information content (AvgIpc) is 3.17. The van der Waals surface area contributed by atoms with Crippen LogP contribution in [-0.2, 0) is 11.2 Å². The molecular weight excluding hydrogens is 392 g/mol. The Morgan fingerprint density at radius 3 is 2.55 bits per heavy atom. The maximum Gasteiger partial charge on any atom is 0.270 e. The van der Waals surface area contributed by atoms with E-state index in [1.807, 2.05) is 29.2 Å². The molecule has 0 N–H and O–H groups in total. The van der Waals surface area contributed by atoms with Gasteiger partial charge < -0.3 is 14.5 Å². The average molecular weight is 412 g/mol. The molecule has 3 aromatic rings. The minimum absolute atomic E-state index is 0.0710. The van der Waals surface area contributed by atoms with Gasteiger partial charge in [0.2, 0.25) is 5.91 Å². The van der Waals surface area contributed by atoms with Crippen molar-refractivity contribution in [2.24, 2.45) is 0 Å². The zero-order valence-electron chi connectivity index (χ0n) is 15.9. The zero-order chi connectivity index (χ0) is 20.4. The Kier molecular flexibility index (Phi) is 5.30. The van der Waals surface area contributed by atoms with E-state index in [1.165, 1.54) is 17.4 Å². The zero-order valence-corrected chi connectivity index (χ0v) is 16.7. The highest BCUT2D eigenvalue weighted by atomic mass is 32.1. The largest absolute Gasteiger partial charge is 0.497 e. The lowest BCUT2D eigenvalue weighted by molar-refractivity contribution is -0.384. The van der Waals surface area contributed by atoms with Crippen molar-refractivity contribution in [3.05, 3.63) is 58.1 Å². The number of nitro groups is 1. The molecule has 0 spiro atoms. The van der Waals surface area contributed by atoms with E-state index in [2.05, 4.69) is 9.88 Å². The van der Waals surface area contributed by atoms with Crippen LogP contribution < -0.4 is 9.64 Å².